The van der Waals surface area contributed by atoms with Crippen molar-refractivity contribution in [3.8, 4) is 0 Å². The van der Waals surface area contributed by atoms with E-state index in [4.69, 9.17) is 11.6 Å². The number of hydrogen-bond acceptors (Lipinski definition) is 5. The summed E-state index contributed by atoms with van der Waals surface area (Å²) in [5.41, 5.74) is 0.285. The molecule has 0 unspecified atom stereocenters. The molecule has 1 N–H and O–H groups in total. The van der Waals surface area contributed by atoms with Gasteiger partial charge in [-0.15, -0.1) is 0 Å². The zero-order valence-corrected chi connectivity index (χ0v) is 18.5. The number of carbonyl (C=O) groups is 2. The molecule has 2 heterocycles. The van der Waals surface area contributed by atoms with Crippen molar-refractivity contribution in [3.63, 3.8) is 0 Å². The summed E-state index contributed by atoms with van der Waals surface area (Å²) in [6.45, 7) is 5.49. The summed E-state index contributed by atoms with van der Waals surface area (Å²) in [7, 11) is 0. The molecule has 1 atom stereocenters. The third-order valence-electron chi connectivity index (χ3n) is 5.47. The van der Waals surface area contributed by atoms with Crippen molar-refractivity contribution in [2.75, 3.05) is 36.4 Å². The Kier molecular flexibility index (Phi) is 7.40. The van der Waals surface area contributed by atoms with Crippen molar-refractivity contribution in [3.05, 3.63) is 52.7 Å². The largest absolute Gasteiger partial charge is 0.417 e. The van der Waals surface area contributed by atoms with Gasteiger partial charge in [0.05, 0.1) is 16.6 Å². The number of rotatable bonds is 5. The van der Waals surface area contributed by atoms with Gasteiger partial charge in [-0.2, -0.15) is 13.2 Å². The first-order valence-electron chi connectivity index (χ1n) is 10.2. The number of aromatic nitrogens is 1. The lowest BCUT2D eigenvalue weighted by Gasteiger charge is -2.27. The van der Waals surface area contributed by atoms with Crippen molar-refractivity contribution >= 4 is 34.8 Å². The Hall–Kier alpha value is -2.65. The van der Waals surface area contributed by atoms with Crippen LogP contribution in [-0.2, 0) is 11.0 Å². The maximum Gasteiger partial charge on any atom is 0.417 e. The van der Waals surface area contributed by atoms with Crippen molar-refractivity contribution in [2.24, 2.45) is 0 Å². The number of halogens is 4. The number of benzene rings is 1. The van der Waals surface area contributed by atoms with Crippen molar-refractivity contribution < 1.29 is 22.8 Å². The topological polar surface area (TPSA) is 65.5 Å². The number of anilines is 2. The summed E-state index contributed by atoms with van der Waals surface area (Å²) in [5, 5.41) is 2.80. The monoisotopic (exact) mass is 468 g/mol. The minimum atomic E-state index is -4.50. The lowest BCUT2D eigenvalue weighted by molar-refractivity contribution is -0.137. The Bertz CT molecular complexity index is 982. The maximum absolute atomic E-state index is 12.9. The van der Waals surface area contributed by atoms with E-state index in [1.165, 1.54) is 6.92 Å². The predicted molar refractivity (Wildman–Crippen MR) is 117 cm³/mol. The summed E-state index contributed by atoms with van der Waals surface area (Å²) in [6, 6.07) is 7.16. The molecule has 1 fully saturated rings. The fraction of sp³-hybridized carbons (Fsp3) is 0.409. The molecule has 1 aromatic carbocycles. The van der Waals surface area contributed by atoms with Crippen LogP contribution < -0.4 is 10.2 Å². The van der Waals surface area contributed by atoms with Gasteiger partial charge in [-0.1, -0.05) is 11.6 Å². The van der Waals surface area contributed by atoms with Crippen LogP contribution in [0.5, 0.6) is 0 Å². The molecule has 3 rings (SSSR count). The maximum atomic E-state index is 12.9. The number of pyridine rings is 1. The van der Waals surface area contributed by atoms with E-state index in [9.17, 15) is 22.8 Å². The van der Waals surface area contributed by atoms with Crippen molar-refractivity contribution in [1.82, 2.24) is 9.88 Å². The zero-order valence-electron chi connectivity index (χ0n) is 17.7. The summed E-state index contributed by atoms with van der Waals surface area (Å²) in [6.07, 6.45) is -3.01. The van der Waals surface area contributed by atoms with Crippen LogP contribution in [0.25, 0.3) is 0 Å². The van der Waals surface area contributed by atoms with E-state index in [1.807, 2.05) is 9.80 Å². The second kappa shape index (κ2) is 9.87. The number of alkyl halides is 3. The molecular weight excluding hydrogens is 445 g/mol. The van der Waals surface area contributed by atoms with Gasteiger partial charge in [0.1, 0.15) is 5.82 Å². The highest BCUT2D eigenvalue weighted by Gasteiger charge is 2.32. The van der Waals surface area contributed by atoms with Crippen LogP contribution in [-0.4, -0.2) is 53.8 Å². The predicted octanol–water partition coefficient (Wildman–Crippen LogP) is 4.50. The van der Waals surface area contributed by atoms with Crippen LogP contribution in [0, 0.1) is 0 Å². The molecule has 1 aromatic heterocycles. The van der Waals surface area contributed by atoms with Crippen molar-refractivity contribution in [2.45, 2.75) is 32.5 Å². The first-order chi connectivity index (χ1) is 15.1. The third kappa shape index (κ3) is 5.77. The summed E-state index contributed by atoms with van der Waals surface area (Å²) < 4.78 is 38.6. The van der Waals surface area contributed by atoms with E-state index in [1.54, 1.807) is 31.2 Å². The van der Waals surface area contributed by atoms with Gasteiger partial charge in [0.2, 0.25) is 5.91 Å². The van der Waals surface area contributed by atoms with Gasteiger partial charge in [0.25, 0.3) is 0 Å². The Morgan fingerprint density at radius 2 is 1.81 bits per heavy atom. The molecule has 32 heavy (non-hydrogen) atoms. The van der Waals surface area contributed by atoms with E-state index in [-0.39, 0.29) is 16.7 Å². The van der Waals surface area contributed by atoms with Crippen LogP contribution in [0.3, 0.4) is 0 Å². The Morgan fingerprint density at radius 3 is 2.41 bits per heavy atom. The number of carbonyl (C=O) groups excluding carboxylic acids is 2. The van der Waals surface area contributed by atoms with Gasteiger partial charge in [-0.3, -0.25) is 14.5 Å². The van der Waals surface area contributed by atoms with Gasteiger partial charge in [0.15, 0.2) is 5.78 Å². The summed E-state index contributed by atoms with van der Waals surface area (Å²) in [4.78, 5) is 31.9. The first-order valence-corrected chi connectivity index (χ1v) is 10.6. The van der Waals surface area contributed by atoms with E-state index in [2.05, 4.69) is 10.3 Å². The van der Waals surface area contributed by atoms with E-state index in [0.717, 1.165) is 12.3 Å². The molecule has 0 saturated carbocycles. The molecule has 1 aliphatic heterocycles. The number of hydrogen-bond donors (Lipinski definition) is 1. The molecule has 1 amide bonds. The second-order valence-corrected chi connectivity index (χ2v) is 8.11. The van der Waals surface area contributed by atoms with Crippen molar-refractivity contribution in [1.29, 1.82) is 0 Å². The normalized spacial score (nSPS) is 16.4. The Labute approximate surface area is 189 Å². The van der Waals surface area contributed by atoms with Crippen LogP contribution >= 0.6 is 11.6 Å². The number of ketones is 1. The highest BCUT2D eigenvalue weighted by molar-refractivity contribution is 6.33. The molecule has 6 nitrogen and oxygen atoms in total. The van der Waals surface area contributed by atoms with Crippen LogP contribution in [0.1, 0.15) is 36.2 Å². The fourth-order valence-corrected chi connectivity index (χ4v) is 3.84. The smallest absolute Gasteiger partial charge is 0.354 e. The number of Topliss-reactive ketones (excluding diaryl/α,β-unsaturated/α-hetero) is 1. The van der Waals surface area contributed by atoms with Gasteiger partial charge < -0.3 is 10.2 Å². The minimum Gasteiger partial charge on any atom is -0.354 e. The van der Waals surface area contributed by atoms with E-state index in [0.29, 0.717) is 49.7 Å². The molecular formula is C22H24ClF3N4O2. The quantitative estimate of drug-likeness (QED) is 0.655. The minimum absolute atomic E-state index is 0.0481. The number of amides is 1. The van der Waals surface area contributed by atoms with E-state index < -0.39 is 17.8 Å². The molecule has 1 aliphatic rings. The van der Waals surface area contributed by atoms with Crippen LogP contribution in [0.15, 0.2) is 36.5 Å². The zero-order chi connectivity index (χ0) is 23.5. The van der Waals surface area contributed by atoms with Crippen LogP contribution in [0.2, 0.25) is 5.02 Å². The molecule has 172 valence electrons. The lowest BCUT2D eigenvalue weighted by atomic mass is 10.1. The number of nitrogens with one attached hydrogen (secondary N) is 1. The van der Waals surface area contributed by atoms with Gasteiger partial charge >= 0.3 is 6.18 Å². The highest BCUT2D eigenvalue weighted by atomic mass is 35.5. The highest BCUT2D eigenvalue weighted by Crippen LogP contribution is 2.33. The standard InChI is InChI=1S/C22H24ClF3N4O2/c1-14(21(32)28-18-6-4-16(5-7-18)15(2)31)29-8-3-9-30(11-10-29)20-19(23)12-17(13-27-20)22(24,25)26/h4-7,12-14H,3,8-11H2,1-2H3,(H,28,32)/t14-/m0/s1. The van der Waals surface area contributed by atoms with Crippen LogP contribution in [0.4, 0.5) is 24.7 Å². The molecule has 1 saturated heterocycles. The average molecular weight is 469 g/mol. The van der Waals surface area contributed by atoms with E-state index >= 15 is 0 Å². The van der Waals surface area contributed by atoms with Gasteiger partial charge in [-0.05, 0) is 50.6 Å². The third-order valence-corrected chi connectivity index (χ3v) is 5.74. The van der Waals surface area contributed by atoms with Gasteiger partial charge in [0, 0.05) is 43.6 Å². The summed E-state index contributed by atoms with van der Waals surface area (Å²) in [5.74, 6) is 0.0805. The molecule has 0 aliphatic carbocycles. The Morgan fingerprint density at radius 1 is 1.12 bits per heavy atom. The average Bonchev–Trinajstić information content (AvgIpc) is 2.99. The van der Waals surface area contributed by atoms with Gasteiger partial charge in [-0.25, -0.2) is 4.98 Å². The molecule has 10 heteroatoms. The summed E-state index contributed by atoms with van der Waals surface area (Å²) >= 11 is 6.09. The number of nitrogens with zero attached hydrogens (tertiary/aromatic N) is 3. The molecule has 0 spiro atoms. The SMILES string of the molecule is CC(=O)c1ccc(NC(=O)[C@H](C)N2CCCN(c3ncc(C(F)(F)F)cc3Cl)CC2)cc1. The molecule has 0 radical (unpaired) electrons. The Balaban J connectivity index is 1.62. The second-order valence-electron chi connectivity index (χ2n) is 7.70. The first kappa shape index (κ1) is 24.0. The lowest BCUT2D eigenvalue weighted by Crippen LogP contribution is -2.44. The molecule has 2 aromatic rings. The fourth-order valence-electron chi connectivity index (χ4n) is 3.56. The molecule has 0 bridgehead atoms.